The molecule has 8 heteroatoms. The van der Waals surface area contributed by atoms with Gasteiger partial charge >= 0.3 is 5.97 Å². The summed E-state index contributed by atoms with van der Waals surface area (Å²) in [5.74, 6) is -0.540. The lowest BCUT2D eigenvalue weighted by Crippen LogP contribution is -2.06. The van der Waals surface area contributed by atoms with Gasteiger partial charge in [0.1, 0.15) is 5.69 Å². The van der Waals surface area contributed by atoms with Crippen molar-refractivity contribution in [3.05, 3.63) is 50.0 Å². The van der Waals surface area contributed by atoms with E-state index in [4.69, 9.17) is 0 Å². The molecule has 0 atom stereocenters. The third-order valence-electron chi connectivity index (χ3n) is 2.90. The molecule has 2 rings (SSSR count). The number of methoxy groups -OCH3 is 1. The number of hydrogen-bond acceptors (Lipinski definition) is 7. The van der Waals surface area contributed by atoms with E-state index in [1.807, 2.05) is 6.92 Å². The summed E-state index contributed by atoms with van der Waals surface area (Å²) in [6, 6.07) is 4.07. The van der Waals surface area contributed by atoms with Crippen molar-refractivity contribution in [1.82, 2.24) is 4.98 Å². The fraction of sp³-hybridized carbons (Fsp3) is 0.231. The lowest BCUT2D eigenvalue weighted by atomic mass is 10.1. The number of ether oxygens (including phenoxy) is 1. The second-order valence-electron chi connectivity index (χ2n) is 4.20. The minimum atomic E-state index is -0.540. The van der Waals surface area contributed by atoms with Gasteiger partial charge in [0.2, 0.25) is 0 Å². The number of benzene rings is 1. The van der Waals surface area contributed by atoms with Crippen LogP contribution in [0.3, 0.4) is 0 Å². The summed E-state index contributed by atoms with van der Waals surface area (Å²) in [6.07, 6.45) is 0. The van der Waals surface area contributed by atoms with Crippen molar-refractivity contribution in [3.63, 3.8) is 0 Å². The first-order valence-corrected chi connectivity index (χ1v) is 6.90. The summed E-state index contributed by atoms with van der Waals surface area (Å²) in [5.41, 5.74) is 3.03. The average Bonchev–Trinajstić information content (AvgIpc) is 2.89. The Morgan fingerprint density at radius 1 is 1.52 bits per heavy atom. The number of nitro benzene ring substituents is 1. The maximum atomic E-state index is 11.5. The minimum Gasteiger partial charge on any atom is -0.465 e. The minimum absolute atomic E-state index is 0.0928. The molecule has 7 nitrogen and oxygen atoms in total. The topological polar surface area (TPSA) is 94.4 Å². The van der Waals surface area contributed by atoms with Gasteiger partial charge < -0.3 is 10.1 Å². The Morgan fingerprint density at radius 3 is 2.86 bits per heavy atom. The summed E-state index contributed by atoms with van der Waals surface area (Å²) in [7, 11) is 1.26. The maximum Gasteiger partial charge on any atom is 0.337 e. The van der Waals surface area contributed by atoms with Crippen LogP contribution in [0.1, 0.15) is 20.9 Å². The van der Waals surface area contributed by atoms with Gasteiger partial charge in [-0.05, 0) is 19.1 Å². The van der Waals surface area contributed by atoms with Crippen LogP contribution in [0.2, 0.25) is 0 Å². The molecule has 0 amide bonds. The van der Waals surface area contributed by atoms with E-state index in [1.165, 1.54) is 36.6 Å². The van der Waals surface area contributed by atoms with Crippen LogP contribution in [-0.2, 0) is 11.3 Å². The van der Waals surface area contributed by atoms with E-state index in [0.29, 0.717) is 6.54 Å². The Kier molecular flexibility index (Phi) is 4.49. The first-order valence-electron chi connectivity index (χ1n) is 6.02. The Labute approximate surface area is 124 Å². The highest BCUT2D eigenvalue weighted by molar-refractivity contribution is 7.09. The van der Waals surface area contributed by atoms with Crippen molar-refractivity contribution in [1.29, 1.82) is 0 Å². The van der Waals surface area contributed by atoms with Crippen LogP contribution in [0.5, 0.6) is 0 Å². The number of nitro groups is 1. The van der Waals surface area contributed by atoms with E-state index >= 15 is 0 Å². The SMILES string of the molecule is COC(=O)c1ccc([N+](=O)[O-])c(NCc2scnc2C)c1. The fourth-order valence-corrected chi connectivity index (χ4v) is 2.47. The Bertz CT molecular complexity index is 684. The Balaban J connectivity index is 2.28. The summed E-state index contributed by atoms with van der Waals surface area (Å²) in [6.45, 7) is 2.27. The third kappa shape index (κ3) is 3.34. The number of nitrogens with zero attached hydrogens (tertiary/aromatic N) is 2. The lowest BCUT2D eigenvalue weighted by Gasteiger charge is -2.08. The van der Waals surface area contributed by atoms with E-state index in [1.54, 1.807) is 5.51 Å². The lowest BCUT2D eigenvalue weighted by molar-refractivity contribution is -0.384. The highest BCUT2D eigenvalue weighted by Crippen LogP contribution is 2.27. The predicted octanol–water partition coefficient (Wildman–Crippen LogP) is 2.76. The van der Waals surface area contributed by atoms with Gasteiger partial charge in [0.15, 0.2) is 0 Å². The second kappa shape index (κ2) is 6.31. The molecule has 0 aliphatic heterocycles. The monoisotopic (exact) mass is 307 g/mol. The number of aryl methyl sites for hydroxylation is 1. The number of carbonyl (C=O) groups is 1. The van der Waals surface area contributed by atoms with Gasteiger partial charge in [-0.3, -0.25) is 10.1 Å². The van der Waals surface area contributed by atoms with Crippen molar-refractivity contribution in [3.8, 4) is 0 Å². The molecule has 21 heavy (non-hydrogen) atoms. The molecule has 0 saturated heterocycles. The molecule has 2 aromatic rings. The van der Waals surface area contributed by atoms with E-state index < -0.39 is 10.9 Å². The molecule has 1 N–H and O–H groups in total. The molecule has 1 aromatic heterocycles. The van der Waals surface area contributed by atoms with Gasteiger partial charge in [0, 0.05) is 10.9 Å². The molecule has 1 aromatic carbocycles. The van der Waals surface area contributed by atoms with Crippen molar-refractivity contribution < 1.29 is 14.5 Å². The zero-order valence-corrected chi connectivity index (χ0v) is 12.3. The van der Waals surface area contributed by atoms with Gasteiger partial charge in [-0.2, -0.15) is 0 Å². The highest BCUT2D eigenvalue weighted by atomic mass is 32.1. The number of esters is 1. The van der Waals surface area contributed by atoms with E-state index in [0.717, 1.165) is 10.6 Å². The Hall–Kier alpha value is -2.48. The number of rotatable bonds is 5. The molecule has 0 saturated carbocycles. The molecular formula is C13H13N3O4S. The number of carbonyl (C=O) groups excluding carboxylic acids is 1. The van der Waals surface area contributed by atoms with Crippen molar-refractivity contribution in [2.75, 3.05) is 12.4 Å². The summed E-state index contributed by atoms with van der Waals surface area (Å²) >= 11 is 1.46. The van der Waals surface area contributed by atoms with Crippen LogP contribution in [0.4, 0.5) is 11.4 Å². The van der Waals surface area contributed by atoms with Crippen LogP contribution in [-0.4, -0.2) is 23.0 Å². The summed E-state index contributed by atoms with van der Waals surface area (Å²) in [4.78, 5) is 27.1. The van der Waals surface area contributed by atoms with Crippen LogP contribution < -0.4 is 5.32 Å². The van der Waals surface area contributed by atoms with Gasteiger partial charge in [-0.15, -0.1) is 11.3 Å². The number of nitrogens with one attached hydrogen (secondary N) is 1. The fourth-order valence-electron chi connectivity index (χ4n) is 1.75. The van der Waals surface area contributed by atoms with E-state index in [9.17, 15) is 14.9 Å². The molecule has 0 aliphatic rings. The Morgan fingerprint density at radius 2 is 2.29 bits per heavy atom. The van der Waals surface area contributed by atoms with Crippen LogP contribution in [0.25, 0.3) is 0 Å². The maximum absolute atomic E-state index is 11.5. The van der Waals surface area contributed by atoms with Gasteiger partial charge in [0.25, 0.3) is 5.69 Å². The van der Waals surface area contributed by atoms with E-state index in [2.05, 4.69) is 15.0 Å². The van der Waals surface area contributed by atoms with Gasteiger partial charge in [-0.25, -0.2) is 9.78 Å². The number of anilines is 1. The largest absolute Gasteiger partial charge is 0.465 e. The van der Waals surface area contributed by atoms with Crippen LogP contribution in [0.15, 0.2) is 23.7 Å². The highest BCUT2D eigenvalue weighted by Gasteiger charge is 2.17. The second-order valence-corrected chi connectivity index (χ2v) is 5.13. The summed E-state index contributed by atoms with van der Waals surface area (Å²) < 4.78 is 4.62. The van der Waals surface area contributed by atoms with Gasteiger partial charge in [0.05, 0.1) is 35.3 Å². The van der Waals surface area contributed by atoms with Crippen LogP contribution >= 0.6 is 11.3 Å². The molecule has 0 aliphatic carbocycles. The molecule has 0 unspecified atom stereocenters. The quantitative estimate of drug-likeness (QED) is 0.518. The smallest absolute Gasteiger partial charge is 0.337 e. The summed E-state index contributed by atoms with van der Waals surface area (Å²) in [5, 5.41) is 14.0. The standard InChI is InChI=1S/C13H13N3O4S/c1-8-12(21-7-15-8)6-14-10-5-9(13(17)20-2)3-4-11(10)16(18)19/h3-5,7,14H,6H2,1-2H3. The zero-order valence-electron chi connectivity index (χ0n) is 11.5. The number of hydrogen-bond donors (Lipinski definition) is 1. The third-order valence-corrected chi connectivity index (χ3v) is 3.83. The molecule has 0 spiro atoms. The normalized spacial score (nSPS) is 10.2. The molecule has 110 valence electrons. The molecule has 0 fully saturated rings. The van der Waals surface area contributed by atoms with Crippen molar-refractivity contribution >= 4 is 28.7 Å². The van der Waals surface area contributed by atoms with Gasteiger partial charge in [-0.1, -0.05) is 0 Å². The first-order chi connectivity index (χ1) is 10.0. The van der Waals surface area contributed by atoms with E-state index in [-0.39, 0.29) is 16.9 Å². The molecule has 1 heterocycles. The zero-order chi connectivity index (χ0) is 15.4. The number of thiazole rings is 1. The number of aromatic nitrogens is 1. The molecular weight excluding hydrogens is 294 g/mol. The van der Waals surface area contributed by atoms with Crippen molar-refractivity contribution in [2.24, 2.45) is 0 Å². The molecule has 0 bridgehead atoms. The predicted molar refractivity (Wildman–Crippen MR) is 78.6 cm³/mol. The molecule has 0 radical (unpaired) electrons. The van der Waals surface area contributed by atoms with Crippen molar-refractivity contribution in [2.45, 2.75) is 13.5 Å². The van der Waals surface area contributed by atoms with Crippen LogP contribution in [0, 0.1) is 17.0 Å². The first kappa shape index (κ1) is 14.9. The average molecular weight is 307 g/mol.